The molecule has 0 aromatic heterocycles. The lowest BCUT2D eigenvalue weighted by atomic mass is 9.46. The van der Waals surface area contributed by atoms with E-state index in [0.29, 0.717) is 17.6 Å². The maximum Gasteiger partial charge on any atom is 0.252 e. The second-order valence-corrected chi connectivity index (χ2v) is 11.0. The molecule has 1 aromatic carbocycles. The van der Waals surface area contributed by atoms with Crippen molar-refractivity contribution in [3.05, 3.63) is 41.5 Å². The average Bonchev–Trinajstić information content (AvgIpc) is 2.97. The predicted molar refractivity (Wildman–Crippen MR) is 124 cm³/mol. The Morgan fingerprint density at radius 2 is 1.84 bits per heavy atom. The Hall–Kier alpha value is -2.14. The number of phenols is 1. The molecule has 0 bridgehead atoms. The molecule has 3 saturated carbocycles. The van der Waals surface area contributed by atoms with Crippen molar-refractivity contribution in [2.75, 3.05) is 0 Å². The van der Waals surface area contributed by atoms with E-state index in [-0.39, 0.29) is 28.2 Å². The molecule has 32 heavy (non-hydrogen) atoms. The zero-order chi connectivity index (χ0) is 23.3. The van der Waals surface area contributed by atoms with Crippen LogP contribution < -0.4 is 5.73 Å². The highest BCUT2D eigenvalue weighted by atomic mass is 16.3. The van der Waals surface area contributed by atoms with Gasteiger partial charge in [0.15, 0.2) is 5.78 Å². The summed E-state index contributed by atoms with van der Waals surface area (Å²) >= 11 is 0. The normalized spacial score (nSPS) is 40.2. The number of para-hydroxylation sites is 1. The van der Waals surface area contributed by atoms with Gasteiger partial charge in [0.2, 0.25) is 0 Å². The van der Waals surface area contributed by atoms with Crippen LogP contribution in [-0.4, -0.2) is 28.0 Å². The summed E-state index contributed by atoms with van der Waals surface area (Å²) in [7, 11) is 0. The third-order valence-electron chi connectivity index (χ3n) is 9.40. The second-order valence-electron chi connectivity index (χ2n) is 11.0. The number of ketones is 1. The van der Waals surface area contributed by atoms with Crippen molar-refractivity contribution in [3.8, 4) is 5.75 Å². The third-order valence-corrected chi connectivity index (χ3v) is 9.40. The first kappa shape index (κ1) is 23.0. The molecule has 4 N–H and O–H groups in total. The minimum atomic E-state index is -0.613. The van der Waals surface area contributed by atoms with Crippen molar-refractivity contribution >= 4 is 11.7 Å². The van der Waals surface area contributed by atoms with Crippen molar-refractivity contribution in [1.82, 2.24) is 0 Å². The van der Waals surface area contributed by atoms with Crippen LogP contribution in [0.5, 0.6) is 5.75 Å². The maximum atomic E-state index is 11.8. The summed E-state index contributed by atoms with van der Waals surface area (Å²) in [6.07, 6.45) is 9.41. The molecule has 4 aliphatic rings. The van der Waals surface area contributed by atoms with Gasteiger partial charge >= 0.3 is 0 Å². The van der Waals surface area contributed by atoms with E-state index in [9.17, 15) is 14.7 Å². The maximum absolute atomic E-state index is 11.8. The summed E-state index contributed by atoms with van der Waals surface area (Å²) in [5.41, 5.74) is 6.91. The molecule has 4 aliphatic carbocycles. The lowest BCUT2D eigenvalue weighted by Gasteiger charge is -2.58. The zero-order valence-electron chi connectivity index (χ0n) is 19.5. The van der Waals surface area contributed by atoms with Crippen LogP contribution in [0.1, 0.15) is 76.1 Å². The van der Waals surface area contributed by atoms with Gasteiger partial charge in [-0.2, -0.15) is 0 Å². The van der Waals surface area contributed by atoms with Crippen LogP contribution in [0, 0.1) is 34.5 Å². The number of carbonyl (C=O) groups is 2. The van der Waals surface area contributed by atoms with Crippen molar-refractivity contribution < 1.29 is 19.8 Å². The SMILES string of the molecule is CC1C[C@H](O)[C@@]2(C)CC[C@H]3[C@@H](CCC4=CC(=O)CC[C@@]43C)[C@H]12.NC(=O)c1ccccc1O. The minimum Gasteiger partial charge on any atom is -0.507 e. The van der Waals surface area contributed by atoms with Gasteiger partial charge in [-0.25, -0.2) is 0 Å². The number of carbonyl (C=O) groups excluding carboxylic acids is 2. The number of aliphatic hydroxyl groups excluding tert-OH is 1. The van der Waals surface area contributed by atoms with Crippen LogP contribution in [0.25, 0.3) is 0 Å². The number of fused-ring (bicyclic) bond motifs is 5. The van der Waals surface area contributed by atoms with E-state index in [1.807, 2.05) is 6.08 Å². The molecule has 3 fully saturated rings. The van der Waals surface area contributed by atoms with Crippen molar-refractivity contribution in [2.45, 2.75) is 71.8 Å². The van der Waals surface area contributed by atoms with Gasteiger partial charge in [0.1, 0.15) is 5.75 Å². The Labute approximate surface area is 191 Å². The van der Waals surface area contributed by atoms with Crippen LogP contribution in [0.3, 0.4) is 0 Å². The quantitative estimate of drug-likeness (QED) is 0.594. The number of aliphatic hydroxyl groups is 1. The molecule has 1 amide bonds. The highest BCUT2D eigenvalue weighted by Gasteiger charge is 2.60. The Kier molecular flexibility index (Phi) is 6.00. The first-order chi connectivity index (χ1) is 15.1. The molecule has 1 aromatic rings. The summed E-state index contributed by atoms with van der Waals surface area (Å²) < 4.78 is 0. The van der Waals surface area contributed by atoms with Gasteiger partial charge in [-0.1, -0.05) is 38.5 Å². The van der Waals surface area contributed by atoms with E-state index < -0.39 is 5.91 Å². The smallest absolute Gasteiger partial charge is 0.252 e. The molecule has 0 radical (unpaired) electrons. The summed E-state index contributed by atoms with van der Waals surface area (Å²) in [5.74, 6) is 2.46. The number of amides is 1. The number of hydrogen-bond acceptors (Lipinski definition) is 4. The summed E-state index contributed by atoms with van der Waals surface area (Å²) in [4.78, 5) is 22.3. The second kappa shape index (κ2) is 8.33. The molecule has 0 saturated heterocycles. The number of nitrogens with two attached hydrogens (primary N) is 1. The molecule has 1 unspecified atom stereocenters. The molecule has 0 aliphatic heterocycles. The molecule has 174 valence electrons. The molecule has 0 spiro atoms. The van der Waals surface area contributed by atoms with Crippen LogP contribution in [0.15, 0.2) is 35.9 Å². The van der Waals surface area contributed by atoms with Gasteiger partial charge in [-0.05, 0) is 91.2 Å². The van der Waals surface area contributed by atoms with E-state index >= 15 is 0 Å². The van der Waals surface area contributed by atoms with Crippen molar-refractivity contribution in [3.63, 3.8) is 0 Å². The summed E-state index contributed by atoms with van der Waals surface area (Å²) in [6.45, 7) is 7.14. The summed E-state index contributed by atoms with van der Waals surface area (Å²) in [6, 6.07) is 6.15. The molecule has 0 heterocycles. The first-order valence-corrected chi connectivity index (χ1v) is 12.1. The number of aromatic hydroxyl groups is 1. The van der Waals surface area contributed by atoms with E-state index in [2.05, 4.69) is 20.8 Å². The fraction of sp³-hybridized carbons (Fsp3) is 0.630. The fourth-order valence-electron chi connectivity index (χ4n) is 7.75. The number of hydrogen-bond donors (Lipinski definition) is 3. The predicted octanol–water partition coefficient (Wildman–Crippen LogP) is 4.62. The Balaban J connectivity index is 0.000000207. The van der Waals surface area contributed by atoms with Crippen LogP contribution in [-0.2, 0) is 4.79 Å². The Morgan fingerprint density at radius 1 is 1.12 bits per heavy atom. The van der Waals surface area contributed by atoms with E-state index in [1.54, 1.807) is 12.1 Å². The zero-order valence-corrected chi connectivity index (χ0v) is 19.5. The largest absolute Gasteiger partial charge is 0.507 e. The number of primary amides is 1. The third kappa shape index (κ3) is 3.68. The molecule has 5 heteroatoms. The van der Waals surface area contributed by atoms with Gasteiger partial charge in [0.25, 0.3) is 5.91 Å². The monoisotopic (exact) mass is 439 g/mol. The average molecular weight is 440 g/mol. The molecular weight excluding hydrogens is 402 g/mol. The number of benzene rings is 1. The number of allylic oxidation sites excluding steroid dienone is 1. The lowest BCUT2D eigenvalue weighted by molar-refractivity contribution is -0.118. The van der Waals surface area contributed by atoms with Crippen molar-refractivity contribution in [1.29, 1.82) is 0 Å². The molecule has 5 rings (SSSR count). The van der Waals surface area contributed by atoms with Gasteiger partial charge in [0, 0.05) is 6.42 Å². The fourth-order valence-corrected chi connectivity index (χ4v) is 7.75. The van der Waals surface area contributed by atoms with Gasteiger partial charge in [-0.15, -0.1) is 0 Å². The highest BCUT2D eigenvalue weighted by Crippen LogP contribution is 2.66. The standard InChI is InChI=1S/C20H30O2.C7H7NO2/c1-12-10-17(22)20(3)9-7-16-15(18(12)20)5-4-13-11-14(21)6-8-19(13,16)2;8-7(10)5-3-1-2-4-6(5)9/h11-12,15-18,22H,4-10H2,1-3H3;1-4,9H,(H2,8,10)/t12?,15-,16+,17+,18+,19+,20-;/m1./s1. The molecule has 7 atom stereocenters. The van der Waals surface area contributed by atoms with Crippen LogP contribution >= 0.6 is 0 Å². The van der Waals surface area contributed by atoms with Gasteiger partial charge < -0.3 is 15.9 Å². The lowest BCUT2D eigenvalue weighted by Crippen LogP contribution is -2.52. The van der Waals surface area contributed by atoms with Gasteiger partial charge in [0.05, 0.1) is 11.7 Å². The topological polar surface area (TPSA) is 101 Å². The van der Waals surface area contributed by atoms with Gasteiger partial charge in [-0.3, -0.25) is 9.59 Å². The Bertz CT molecular complexity index is 939. The summed E-state index contributed by atoms with van der Waals surface area (Å²) in [5, 5.41) is 19.6. The van der Waals surface area contributed by atoms with Crippen molar-refractivity contribution in [2.24, 2.45) is 40.2 Å². The molecular formula is C27H37NO4. The minimum absolute atomic E-state index is 0.0741. The van der Waals surface area contributed by atoms with Crippen LogP contribution in [0.4, 0.5) is 0 Å². The molecule has 5 nitrogen and oxygen atoms in total. The Morgan fingerprint density at radius 3 is 2.50 bits per heavy atom. The number of rotatable bonds is 1. The van der Waals surface area contributed by atoms with E-state index in [1.165, 1.54) is 37.0 Å². The van der Waals surface area contributed by atoms with E-state index in [0.717, 1.165) is 37.5 Å². The van der Waals surface area contributed by atoms with E-state index in [4.69, 9.17) is 10.8 Å². The highest BCUT2D eigenvalue weighted by molar-refractivity contribution is 5.95. The van der Waals surface area contributed by atoms with Crippen LogP contribution in [0.2, 0.25) is 0 Å². The first-order valence-electron chi connectivity index (χ1n) is 12.1.